The summed E-state index contributed by atoms with van der Waals surface area (Å²) >= 11 is 6.30. The van der Waals surface area contributed by atoms with Gasteiger partial charge in [0.05, 0.1) is 0 Å². The number of rotatable bonds is 5. The fourth-order valence-electron chi connectivity index (χ4n) is 2.31. The van der Waals surface area contributed by atoms with E-state index in [-0.39, 0.29) is 0 Å². The number of benzene rings is 2. The minimum atomic E-state index is 0.623. The summed E-state index contributed by atoms with van der Waals surface area (Å²) in [5, 5.41) is 0.795. The number of hydrogen-bond acceptors (Lipinski definition) is 2. The van der Waals surface area contributed by atoms with Gasteiger partial charge in [-0.1, -0.05) is 47.5 Å². The molecule has 0 aromatic heterocycles. The lowest BCUT2D eigenvalue weighted by Gasteiger charge is -2.20. The van der Waals surface area contributed by atoms with Crippen LogP contribution in [-0.4, -0.2) is 13.6 Å². The lowest BCUT2D eigenvalue weighted by Crippen LogP contribution is -2.16. The summed E-state index contributed by atoms with van der Waals surface area (Å²) in [5.41, 5.74) is 10.4. The Morgan fingerprint density at radius 1 is 1.15 bits per heavy atom. The molecule has 0 saturated heterocycles. The summed E-state index contributed by atoms with van der Waals surface area (Å²) in [4.78, 5) is 2.20. The van der Waals surface area contributed by atoms with Gasteiger partial charge in [0, 0.05) is 24.3 Å². The Balaban J connectivity index is 2.13. The van der Waals surface area contributed by atoms with Gasteiger partial charge < -0.3 is 10.6 Å². The van der Waals surface area contributed by atoms with Crippen molar-refractivity contribution in [3.8, 4) is 0 Å². The topological polar surface area (TPSA) is 29.3 Å². The molecule has 0 radical (unpaired) electrons. The number of nitrogens with zero attached hydrogens (tertiary/aromatic N) is 1. The molecule has 20 heavy (non-hydrogen) atoms. The third kappa shape index (κ3) is 3.75. The fraction of sp³-hybridized carbons (Fsp3) is 0.294. The summed E-state index contributed by atoms with van der Waals surface area (Å²) in [5.74, 6) is 0. The normalized spacial score (nSPS) is 10.6. The second-order valence-electron chi connectivity index (χ2n) is 5.16. The fourth-order valence-corrected chi connectivity index (χ4v) is 2.58. The zero-order valence-corrected chi connectivity index (χ0v) is 12.8. The predicted molar refractivity (Wildman–Crippen MR) is 87.5 cm³/mol. The van der Waals surface area contributed by atoms with Gasteiger partial charge in [-0.3, -0.25) is 0 Å². The van der Waals surface area contributed by atoms with Crippen molar-refractivity contribution in [2.24, 2.45) is 5.73 Å². The van der Waals surface area contributed by atoms with Crippen LogP contribution in [0.4, 0.5) is 5.69 Å². The molecule has 2 rings (SSSR count). The summed E-state index contributed by atoms with van der Waals surface area (Å²) in [6, 6.07) is 14.7. The molecule has 0 atom stereocenters. The van der Waals surface area contributed by atoms with Crippen molar-refractivity contribution in [2.45, 2.75) is 19.9 Å². The number of halogens is 1. The number of nitrogens with two attached hydrogens (primary N) is 1. The minimum Gasteiger partial charge on any atom is -0.370 e. The van der Waals surface area contributed by atoms with Crippen molar-refractivity contribution in [3.05, 3.63) is 64.2 Å². The second-order valence-corrected chi connectivity index (χ2v) is 5.57. The molecule has 0 bridgehead atoms. The van der Waals surface area contributed by atoms with E-state index in [9.17, 15) is 0 Å². The van der Waals surface area contributed by atoms with Gasteiger partial charge in [0.15, 0.2) is 0 Å². The van der Waals surface area contributed by atoms with Gasteiger partial charge in [-0.25, -0.2) is 0 Å². The van der Waals surface area contributed by atoms with E-state index in [1.807, 2.05) is 6.07 Å². The first-order valence-electron chi connectivity index (χ1n) is 6.85. The van der Waals surface area contributed by atoms with Gasteiger partial charge in [-0.15, -0.1) is 0 Å². The van der Waals surface area contributed by atoms with Crippen LogP contribution in [0.5, 0.6) is 0 Å². The molecule has 0 heterocycles. The molecule has 2 aromatic rings. The van der Waals surface area contributed by atoms with Gasteiger partial charge in [-0.2, -0.15) is 0 Å². The van der Waals surface area contributed by atoms with E-state index in [0.717, 1.165) is 29.2 Å². The highest BCUT2D eigenvalue weighted by molar-refractivity contribution is 6.31. The lowest BCUT2D eigenvalue weighted by atomic mass is 10.1. The van der Waals surface area contributed by atoms with Crippen LogP contribution in [0.25, 0.3) is 0 Å². The molecule has 2 aromatic carbocycles. The van der Waals surface area contributed by atoms with Gasteiger partial charge in [0.25, 0.3) is 0 Å². The Hall–Kier alpha value is -1.51. The van der Waals surface area contributed by atoms with Crippen LogP contribution in [0, 0.1) is 6.92 Å². The molecular formula is C17H21ClN2. The van der Waals surface area contributed by atoms with E-state index in [2.05, 4.69) is 55.3 Å². The Labute approximate surface area is 126 Å². The first-order valence-corrected chi connectivity index (χ1v) is 7.23. The number of anilines is 1. The van der Waals surface area contributed by atoms with Gasteiger partial charge in [0.1, 0.15) is 0 Å². The molecule has 2 N–H and O–H groups in total. The van der Waals surface area contributed by atoms with Crippen molar-refractivity contribution >= 4 is 17.3 Å². The smallest absolute Gasteiger partial charge is 0.0459 e. The maximum Gasteiger partial charge on any atom is 0.0459 e. The minimum absolute atomic E-state index is 0.623. The standard InChI is InChI=1S/C17H21ClN2/c1-13-4-3-5-14(10-13)12-20(2)16-7-6-15(8-9-19)17(18)11-16/h3-7,10-11H,8-9,12,19H2,1-2H3. The second kappa shape index (κ2) is 6.78. The molecule has 106 valence electrons. The van der Waals surface area contributed by atoms with Crippen LogP contribution in [0.3, 0.4) is 0 Å². The third-order valence-corrected chi connectivity index (χ3v) is 3.75. The highest BCUT2D eigenvalue weighted by Crippen LogP contribution is 2.24. The van der Waals surface area contributed by atoms with Crippen LogP contribution in [0.2, 0.25) is 5.02 Å². The monoisotopic (exact) mass is 288 g/mol. The van der Waals surface area contributed by atoms with Crippen LogP contribution in [0.1, 0.15) is 16.7 Å². The Morgan fingerprint density at radius 3 is 2.60 bits per heavy atom. The van der Waals surface area contributed by atoms with Gasteiger partial charge in [-0.05, 0) is 43.1 Å². The van der Waals surface area contributed by atoms with Crippen molar-refractivity contribution in [1.29, 1.82) is 0 Å². The molecule has 0 fully saturated rings. The van der Waals surface area contributed by atoms with Gasteiger partial charge in [0.2, 0.25) is 0 Å². The molecule has 0 unspecified atom stereocenters. The Bertz CT molecular complexity index is 581. The van der Waals surface area contributed by atoms with Crippen molar-refractivity contribution in [3.63, 3.8) is 0 Å². The maximum absolute atomic E-state index is 6.30. The highest BCUT2D eigenvalue weighted by atomic mass is 35.5. The van der Waals surface area contributed by atoms with Gasteiger partial charge >= 0.3 is 0 Å². The average molecular weight is 289 g/mol. The quantitative estimate of drug-likeness (QED) is 0.907. The third-order valence-electron chi connectivity index (χ3n) is 3.39. The largest absolute Gasteiger partial charge is 0.370 e. The first kappa shape index (κ1) is 14.9. The molecule has 3 heteroatoms. The summed E-state index contributed by atoms with van der Waals surface area (Å²) in [6.07, 6.45) is 0.820. The van der Waals surface area contributed by atoms with Crippen LogP contribution in [-0.2, 0) is 13.0 Å². The van der Waals surface area contributed by atoms with E-state index in [1.54, 1.807) is 0 Å². The van der Waals surface area contributed by atoms with Crippen molar-refractivity contribution in [1.82, 2.24) is 0 Å². The zero-order chi connectivity index (χ0) is 14.5. The molecule has 0 saturated carbocycles. The number of hydrogen-bond donors (Lipinski definition) is 1. The van der Waals surface area contributed by atoms with E-state index in [4.69, 9.17) is 17.3 Å². The first-order chi connectivity index (χ1) is 9.60. The van der Waals surface area contributed by atoms with E-state index >= 15 is 0 Å². The molecule has 0 aliphatic rings. The van der Waals surface area contributed by atoms with Crippen molar-refractivity contribution in [2.75, 3.05) is 18.5 Å². The molecule has 0 spiro atoms. The predicted octanol–water partition coefficient (Wildman–Crippen LogP) is 3.79. The molecule has 2 nitrogen and oxygen atoms in total. The van der Waals surface area contributed by atoms with Crippen molar-refractivity contribution < 1.29 is 0 Å². The van der Waals surface area contributed by atoms with E-state index < -0.39 is 0 Å². The maximum atomic E-state index is 6.30. The van der Waals surface area contributed by atoms with Crippen LogP contribution in [0.15, 0.2) is 42.5 Å². The summed E-state index contributed by atoms with van der Waals surface area (Å²) in [6.45, 7) is 3.61. The van der Waals surface area contributed by atoms with Crippen LogP contribution < -0.4 is 10.6 Å². The molecular weight excluding hydrogens is 268 g/mol. The molecule has 0 aliphatic carbocycles. The lowest BCUT2D eigenvalue weighted by molar-refractivity contribution is 0.917. The highest BCUT2D eigenvalue weighted by Gasteiger charge is 2.06. The average Bonchev–Trinajstić information content (AvgIpc) is 2.41. The van der Waals surface area contributed by atoms with Crippen LogP contribution >= 0.6 is 11.6 Å². The van der Waals surface area contributed by atoms with E-state index in [0.29, 0.717) is 6.54 Å². The summed E-state index contributed by atoms with van der Waals surface area (Å²) < 4.78 is 0. The Morgan fingerprint density at radius 2 is 1.95 bits per heavy atom. The molecule has 0 aliphatic heterocycles. The van der Waals surface area contributed by atoms with E-state index in [1.165, 1.54) is 11.1 Å². The molecule has 0 amide bonds. The summed E-state index contributed by atoms with van der Waals surface area (Å²) in [7, 11) is 2.08. The Kier molecular flexibility index (Phi) is 5.05. The number of aryl methyl sites for hydroxylation is 1. The zero-order valence-electron chi connectivity index (χ0n) is 12.1. The SMILES string of the molecule is Cc1cccc(CN(C)c2ccc(CCN)c(Cl)c2)c1.